The van der Waals surface area contributed by atoms with Gasteiger partial charge in [-0.05, 0) is 17.5 Å². The summed E-state index contributed by atoms with van der Waals surface area (Å²) in [6, 6.07) is 6.44. The molecule has 0 aliphatic carbocycles. The van der Waals surface area contributed by atoms with Gasteiger partial charge >= 0.3 is 0 Å². The highest BCUT2D eigenvalue weighted by atomic mass is 32.1. The lowest BCUT2D eigenvalue weighted by atomic mass is 10.5. The van der Waals surface area contributed by atoms with Gasteiger partial charge in [-0.25, -0.2) is 0 Å². The first-order valence-electron chi connectivity index (χ1n) is 1.78. The number of nitrogens with zero attached hydrogens (tertiary/aromatic N) is 1. The average Bonchev–Trinajstić information content (AvgIpc) is 2.14. The number of hydrogen-bond donors (Lipinski definition) is 0. The molecule has 0 unspecified atom stereocenters. The molecule has 1 heterocycles. The Balaban J connectivity index is 3.04. The first-order valence-corrected chi connectivity index (χ1v) is 2.66. The summed E-state index contributed by atoms with van der Waals surface area (Å²) >= 11 is 1.41. The molecule has 0 spiro atoms. The standard InChI is InChI=1S/C5H2NS/c6-4-5-2-1-3-7-5/h2-3H. The molecule has 0 N–H and O–H groups in total. The highest BCUT2D eigenvalue weighted by molar-refractivity contribution is 7.10. The summed E-state index contributed by atoms with van der Waals surface area (Å²) in [6.45, 7) is 0. The highest BCUT2D eigenvalue weighted by Crippen LogP contribution is 2.03. The Labute approximate surface area is 45.8 Å². The van der Waals surface area contributed by atoms with Gasteiger partial charge in [0.05, 0.1) is 0 Å². The van der Waals surface area contributed by atoms with Gasteiger partial charge in [0.1, 0.15) is 10.9 Å². The molecule has 0 bridgehead atoms. The van der Waals surface area contributed by atoms with Crippen molar-refractivity contribution in [2.75, 3.05) is 0 Å². The molecule has 1 nitrogen and oxygen atoms in total. The van der Waals surface area contributed by atoms with Gasteiger partial charge in [0, 0.05) is 0 Å². The van der Waals surface area contributed by atoms with Crippen LogP contribution >= 0.6 is 11.3 Å². The van der Waals surface area contributed by atoms with E-state index in [9.17, 15) is 0 Å². The summed E-state index contributed by atoms with van der Waals surface area (Å²) in [6.07, 6.45) is 0. The van der Waals surface area contributed by atoms with Gasteiger partial charge in [-0.1, -0.05) is 0 Å². The Morgan fingerprint density at radius 3 is 3.00 bits per heavy atom. The van der Waals surface area contributed by atoms with E-state index < -0.39 is 0 Å². The van der Waals surface area contributed by atoms with Crippen LogP contribution in [0.4, 0.5) is 0 Å². The smallest absolute Gasteiger partial charge is 0.110 e. The van der Waals surface area contributed by atoms with Crippen molar-refractivity contribution in [2.24, 2.45) is 0 Å². The van der Waals surface area contributed by atoms with E-state index in [1.54, 1.807) is 11.4 Å². The van der Waals surface area contributed by atoms with Crippen LogP contribution in [0.2, 0.25) is 0 Å². The minimum Gasteiger partial charge on any atom is -0.192 e. The summed E-state index contributed by atoms with van der Waals surface area (Å²) in [5.41, 5.74) is 0. The number of hydrogen-bond acceptors (Lipinski definition) is 2. The van der Waals surface area contributed by atoms with Crippen LogP contribution in [0.5, 0.6) is 0 Å². The molecule has 33 valence electrons. The zero-order valence-electron chi connectivity index (χ0n) is 3.51. The third kappa shape index (κ3) is 0.787. The van der Waals surface area contributed by atoms with Gasteiger partial charge in [-0.3, -0.25) is 0 Å². The summed E-state index contributed by atoms with van der Waals surface area (Å²) in [7, 11) is 0. The predicted octanol–water partition coefficient (Wildman–Crippen LogP) is 1.42. The van der Waals surface area contributed by atoms with Crippen molar-refractivity contribution in [2.45, 2.75) is 0 Å². The van der Waals surface area contributed by atoms with Gasteiger partial charge in [0.15, 0.2) is 0 Å². The van der Waals surface area contributed by atoms with E-state index in [1.165, 1.54) is 11.3 Å². The van der Waals surface area contributed by atoms with Gasteiger partial charge in [-0.15, -0.1) is 11.3 Å². The fourth-order valence-corrected chi connectivity index (χ4v) is 0.752. The number of thiophene rings is 1. The molecule has 7 heavy (non-hydrogen) atoms. The molecule has 0 aliphatic rings. The monoisotopic (exact) mass is 108 g/mol. The van der Waals surface area contributed by atoms with Gasteiger partial charge in [0.2, 0.25) is 0 Å². The molecule has 0 saturated heterocycles. The molecule has 0 fully saturated rings. The van der Waals surface area contributed by atoms with Crippen LogP contribution < -0.4 is 0 Å². The average molecular weight is 108 g/mol. The van der Waals surface area contributed by atoms with Crippen LogP contribution in [0.3, 0.4) is 0 Å². The molecule has 1 aromatic rings. The van der Waals surface area contributed by atoms with Crippen LogP contribution in [-0.4, -0.2) is 0 Å². The van der Waals surface area contributed by atoms with E-state index in [4.69, 9.17) is 5.26 Å². The van der Waals surface area contributed by atoms with Crippen molar-refractivity contribution in [3.8, 4) is 6.07 Å². The molecule has 0 aromatic carbocycles. The molecule has 0 saturated carbocycles. The molecule has 0 atom stereocenters. The molecule has 1 radical (unpaired) electrons. The first-order chi connectivity index (χ1) is 3.43. The SMILES string of the molecule is N#Cc1c[c]cs1. The van der Waals surface area contributed by atoms with E-state index in [2.05, 4.69) is 6.07 Å². The Morgan fingerprint density at radius 2 is 2.71 bits per heavy atom. The molecule has 0 amide bonds. The maximum atomic E-state index is 8.17. The fraction of sp³-hybridized carbons (Fsp3) is 0. The van der Waals surface area contributed by atoms with Crippen LogP contribution in [0.15, 0.2) is 11.4 Å². The largest absolute Gasteiger partial charge is 0.192 e. The van der Waals surface area contributed by atoms with Crippen molar-refractivity contribution in [3.05, 3.63) is 22.4 Å². The van der Waals surface area contributed by atoms with E-state index in [1.807, 2.05) is 6.07 Å². The Kier molecular flexibility index (Phi) is 1.10. The van der Waals surface area contributed by atoms with Crippen LogP contribution in [0.25, 0.3) is 0 Å². The number of nitriles is 1. The van der Waals surface area contributed by atoms with Gasteiger partial charge < -0.3 is 0 Å². The summed E-state index contributed by atoms with van der Waals surface area (Å²) < 4.78 is 0. The fourth-order valence-electron chi connectivity index (χ4n) is 0.300. The van der Waals surface area contributed by atoms with Gasteiger partial charge in [-0.2, -0.15) is 5.26 Å². The van der Waals surface area contributed by atoms with Crippen LogP contribution in [0, 0.1) is 17.4 Å². The van der Waals surface area contributed by atoms with Gasteiger partial charge in [0.25, 0.3) is 0 Å². The van der Waals surface area contributed by atoms with Crippen LogP contribution in [0.1, 0.15) is 4.88 Å². The lowest BCUT2D eigenvalue weighted by molar-refractivity contribution is 1.52. The number of rotatable bonds is 0. The second-order valence-electron chi connectivity index (χ2n) is 1.02. The minimum atomic E-state index is 0.722. The Bertz CT molecular complexity index is 170. The van der Waals surface area contributed by atoms with Crippen molar-refractivity contribution in [1.29, 1.82) is 5.26 Å². The maximum absolute atomic E-state index is 8.17. The zero-order valence-corrected chi connectivity index (χ0v) is 4.33. The summed E-state index contributed by atoms with van der Waals surface area (Å²) in [5, 5.41) is 9.93. The van der Waals surface area contributed by atoms with Crippen LogP contribution in [-0.2, 0) is 0 Å². The highest BCUT2D eigenvalue weighted by Gasteiger charge is 1.83. The predicted molar refractivity (Wildman–Crippen MR) is 27.9 cm³/mol. The molecule has 0 aliphatic heterocycles. The van der Waals surface area contributed by atoms with Crippen molar-refractivity contribution in [1.82, 2.24) is 0 Å². The third-order valence-electron chi connectivity index (χ3n) is 0.579. The van der Waals surface area contributed by atoms with E-state index in [0.717, 1.165) is 4.88 Å². The molecule has 1 rings (SSSR count). The Morgan fingerprint density at radius 1 is 1.86 bits per heavy atom. The van der Waals surface area contributed by atoms with E-state index in [0.29, 0.717) is 0 Å². The van der Waals surface area contributed by atoms with Crippen molar-refractivity contribution in [3.63, 3.8) is 0 Å². The van der Waals surface area contributed by atoms with E-state index in [-0.39, 0.29) is 0 Å². The van der Waals surface area contributed by atoms with Crippen molar-refractivity contribution >= 4 is 11.3 Å². The third-order valence-corrected chi connectivity index (χ3v) is 1.30. The zero-order chi connectivity index (χ0) is 5.11. The topological polar surface area (TPSA) is 23.8 Å². The molecular weight excluding hydrogens is 106 g/mol. The van der Waals surface area contributed by atoms with E-state index >= 15 is 0 Å². The Hall–Kier alpha value is -0.810. The summed E-state index contributed by atoms with van der Waals surface area (Å²) in [4.78, 5) is 0.722. The quantitative estimate of drug-likeness (QED) is 0.493. The maximum Gasteiger partial charge on any atom is 0.110 e. The normalized spacial score (nSPS) is 7.86. The lowest BCUT2D eigenvalue weighted by Crippen LogP contribution is -1.50. The molecule has 1 aromatic heterocycles. The molecular formula is C5H2NS. The summed E-state index contributed by atoms with van der Waals surface area (Å²) in [5.74, 6) is 0. The van der Waals surface area contributed by atoms with Crippen molar-refractivity contribution < 1.29 is 0 Å². The molecule has 2 heteroatoms. The first kappa shape index (κ1) is 4.35. The lowest BCUT2D eigenvalue weighted by Gasteiger charge is -1.62. The minimum absolute atomic E-state index is 0.722. The second kappa shape index (κ2) is 1.76. The second-order valence-corrected chi connectivity index (χ2v) is 1.93.